The Morgan fingerprint density at radius 2 is 2.30 bits per heavy atom. The van der Waals surface area contributed by atoms with E-state index < -0.39 is 5.54 Å². The molecule has 0 radical (unpaired) electrons. The van der Waals surface area contributed by atoms with Crippen molar-refractivity contribution in [2.45, 2.75) is 31.8 Å². The fourth-order valence-corrected chi connectivity index (χ4v) is 2.85. The van der Waals surface area contributed by atoms with E-state index in [2.05, 4.69) is 15.6 Å². The Morgan fingerprint density at radius 3 is 3.00 bits per heavy atom. The maximum atomic E-state index is 12.6. The molecule has 1 spiro atoms. The lowest BCUT2D eigenvalue weighted by Gasteiger charge is -2.31. The molecule has 6 heteroatoms. The van der Waals surface area contributed by atoms with E-state index in [0.717, 1.165) is 24.2 Å². The van der Waals surface area contributed by atoms with Gasteiger partial charge in [-0.2, -0.15) is 0 Å². The van der Waals surface area contributed by atoms with Gasteiger partial charge in [0.1, 0.15) is 5.54 Å². The lowest BCUT2D eigenvalue weighted by Crippen LogP contribution is -2.57. The Hall–Kier alpha value is -1.95. The van der Waals surface area contributed by atoms with E-state index in [-0.39, 0.29) is 18.5 Å². The molecule has 3 amide bonds. The number of urea groups is 1. The average Bonchev–Trinajstić information content (AvgIpc) is 2.66. The predicted molar refractivity (Wildman–Crippen MR) is 72.9 cm³/mol. The first kappa shape index (κ1) is 13.1. The van der Waals surface area contributed by atoms with E-state index in [4.69, 9.17) is 0 Å². The number of piperidine rings is 1. The van der Waals surface area contributed by atoms with Gasteiger partial charge in [-0.3, -0.25) is 14.7 Å². The van der Waals surface area contributed by atoms with E-state index in [9.17, 15) is 9.59 Å². The summed E-state index contributed by atoms with van der Waals surface area (Å²) in [6.45, 7) is 3.57. The third-order valence-electron chi connectivity index (χ3n) is 4.06. The summed E-state index contributed by atoms with van der Waals surface area (Å²) in [6.07, 6.45) is 3.27. The Bertz CT molecular complexity index is 552. The number of carbonyl (C=O) groups excluding carboxylic acids is 2. The Balaban J connectivity index is 1.82. The largest absolute Gasteiger partial charge is 0.325 e. The van der Waals surface area contributed by atoms with E-state index >= 15 is 0 Å². The fourth-order valence-electron chi connectivity index (χ4n) is 2.85. The quantitative estimate of drug-likeness (QED) is 0.773. The number of aromatic nitrogens is 1. The number of amides is 3. The van der Waals surface area contributed by atoms with E-state index in [1.165, 1.54) is 4.90 Å². The molecule has 3 heterocycles. The van der Waals surface area contributed by atoms with Gasteiger partial charge in [-0.25, -0.2) is 4.79 Å². The van der Waals surface area contributed by atoms with Crippen LogP contribution in [0, 0.1) is 6.92 Å². The zero-order valence-electron chi connectivity index (χ0n) is 11.5. The van der Waals surface area contributed by atoms with E-state index in [0.29, 0.717) is 13.0 Å². The number of rotatable bonds is 2. The first-order chi connectivity index (χ1) is 9.62. The van der Waals surface area contributed by atoms with Gasteiger partial charge in [-0.15, -0.1) is 0 Å². The molecule has 1 aromatic rings. The van der Waals surface area contributed by atoms with E-state index in [1.54, 1.807) is 6.20 Å². The van der Waals surface area contributed by atoms with Gasteiger partial charge < -0.3 is 10.6 Å². The average molecular weight is 274 g/mol. The molecule has 0 bridgehead atoms. The summed E-state index contributed by atoms with van der Waals surface area (Å²) in [5.74, 6) is -0.139. The first-order valence-corrected chi connectivity index (χ1v) is 6.88. The first-order valence-electron chi connectivity index (χ1n) is 6.88. The summed E-state index contributed by atoms with van der Waals surface area (Å²) in [5.41, 5.74) is 0.991. The molecular weight excluding hydrogens is 256 g/mol. The van der Waals surface area contributed by atoms with Crippen molar-refractivity contribution in [3.63, 3.8) is 0 Å². The number of nitrogens with zero attached hydrogens (tertiary/aromatic N) is 2. The van der Waals surface area contributed by atoms with Crippen molar-refractivity contribution in [3.05, 3.63) is 29.6 Å². The number of nitrogens with one attached hydrogen (secondary N) is 2. The molecule has 0 saturated carbocycles. The summed E-state index contributed by atoms with van der Waals surface area (Å²) in [4.78, 5) is 30.2. The van der Waals surface area contributed by atoms with Crippen molar-refractivity contribution in [2.75, 3.05) is 13.1 Å². The van der Waals surface area contributed by atoms with Gasteiger partial charge in [-0.05, 0) is 37.9 Å². The lowest BCUT2D eigenvalue weighted by atomic mass is 9.90. The van der Waals surface area contributed by atoms with Crippen LogP contribution in [-0.4, -0.2) is 40.5 Å². The van der Waals surface area contributed by atoms with Crippen molar-refractivity contribution < 1.29 is 9.59 Å². The van der Waals surface area contributed by atoms with Crippen LogP contribution >= 0.6 is 0 Å². The maximum Gasteiger partial charge on any atom is 0.325 e. The summed E-state index contributed by atoms with van der Waals surface area (Å²) in [6, 6.07) is 3.46. The number of hydrogen-bond donors (Lipinski definition) is 2. The molecule has 2 N–H and O–H groups in total. The number of pyridine rings is 1. The SMILES string of the molecule is Cc1cccnc1CN1C(=O)NC2(CCCNC2)C1=O. The standard InChI is InChI=1S/C14H18N4O2/c1-10-4-2-7-16-11(10)8-18-12(19)14(17-13(18)20)5-3-6-15-9-14/h2,4,7,15H,3,5-6,8-9H2,1H3,(H,17,20). The van der Waals surface area contributed by atoms with Crippen LogP contribution in [-0.2, 0) is 11.3 Å². The molecule has 3 rings (SSSR count). The zero-order chi connectivity index (χ0) is 14.2. The molecule has 0 aromatic carbocycles. The summed E-state index contributed by atoms with van der Waals surface area (Å²) >= 11 is 0. The lowest BCUT2D eigenvalue weighted by molar-refractivity contribution is -0.132. The molecule has 1 aromatic heterocycles. The van der Waals surface area contributed by atoms with Crippen LogP contribution in [0.1, 0.15) is 24.1 Å². The van der Waals surface area contributed by atoms with Crippen molar-refractivity contribution >= 4 is 11.9 Å². The highest BCUT2D eigenvalue weighted by molar-refractivity contribution is 6.07. The van der Waals surface area contributed by atoms with Gasteiger partial charge in [0.05, 0.1) is 12.2 Å². The summed E-state index contributed by atoms with van der Waals surface area (Å²) in [5, 5.41) is 6.04. The number of imide groups is 1. The van der Waals surface area contributed by atoms with Gasteiger partial charge in [0.15, 0.2) is 0 Å². The Labute approximate surface area is 117 Å². The Morgan fingerprint density at radius 1 is 1.45 bits per heavy atom. The highest BCUT2D eigenvalue weighted by Crippen LogP contribution is 2.26. The zero-order valence-corrected chi connectivity index (χ0v) is 11.5. The predicted octanol–water partition coefficient (Wildman–Crippen LogP) is 0.564. The maximum absolute atomic E-state index is 12.6. The number of carbonyl (C=O) groups is 2. The van der Waals surface area contributed by atoms with Crippen molar-refractivity contribution in [3.8, 4) is 0 Å². The summed E-state index contributed by atoms with van der Waals surface area (Å²) < 4.78 is 0. The van der Waals surface area contributed by atoms with Crippen LogP contribution in [0.15, 0.2) is 18.3 Å². The van der Waals surface area contributed by atoms with Gasteiger partial charge in [0, 0.05) is 12.7 Å². The molecular formula is C14H18N4O2. The number of hydrogen-bond acceptors (Lipinski definition) is 4. The minimum atomic E-state index is -0.752. The second kappa shape index (κ2) is 4.86. The fraction of sp³-hybridized carbons (Fsp3) is 0.500. The van der Waals surface area contributed by atoms with Crippen LogP contribution in [0.25, 0.3) is 0 Å². The summed E-state index contributed by atoms with van der Waals surface area (Å²) in [7, 11) is 0. The highest BCUT2D eigenvalue weighted by Gasteiger charge is 2.51. The van der Waals surface area contributed by atoms with E-state index in [1.807, 2.05) is 19.1 Å². The van der Waals surface area contributed by atoms with Gasteiger partial charge >= 0.3 is 6.03 Å². The molecule has 2 aliphatic heterocycles. The minimum absolute atomic E-state index is 0.139. The monoisotopic (exact) mass is 274 g/mol. The van der Waals surface area contributed by atoms with Crippen LogP contribution in [0.5, 0.6) is 0 Å². The van der Waals surface area contributed by atoms with Crippen molar-refractivity contribution in [1.82, 2.24) is 20.5 Å². The van der Waals surface area contributed by atoms with Crippen molar-refractivity contribution in [1.29, 1.82) is 0 Å². The third kappa shape index (κ3) is 2.06. The normalized spacial score (nSPS) is 26.1. The van der Waals surface area contributed by atoms with Crippen molar-refractivity contribution in [2.24, 2.45) is 0 Å². The molecule has 0 aliphatic carbocycles. The highest BCUT2D eigenvalue weighted by atomic mass is 16.2. The number of aryl methyl sites for hydroxylation is 1. The molecule has 1 unspecified atom stereocenters. The smallest absolute Gasteiger partial charge is 0.322 e. The van der Waals surface area contributed by atoms with Crippen LogP contribution in [0.2, 0.25) is 0 Å². The minimum Gasteiger partial charge on any atom is -0.322 e. The van der Waals surface area contributed by atoms with Crippen LogP contribution < -0.4 is 10.6 Å². The van der Waals surface area contributed by atoms with Gasteiger partial charge in [-0.1, -0.05) is 6.07 Å². The molecule has 2 fully saturated rings. The molecule has 2 saturated heterocycles. The molecule has 20 heavy (non-hydrogen) atoms. The second-order valence-electron chi connectivity index (χ2n) is 5.45. The van der Waals surface area contributed by atoms with Crippen LogP contribution in [0.4, 0.5) is 4.79 Å². The molecule has 2 aliphatic rings. The Kier molecular flexibility index (Phi) is 3.17. The molecule has 6 nitrogen and oxygen atoms in total. The van der Waals surface area contributed by atoms with Crippen LogP contribution in [0.3, 0.4) is 0 Å². The second-order valence-corrected chi connectivity index (χ2v) is 5.45. The van der Waals surface area contributed by atoms with Gasteiger partial charge in [0.25, 0.3) is 5.91 Å². The third-order valence-corrected chi connectivity index (χ3v) is 4.06. The topological polar surface area (TPSA) is 74.3 Å². The molecule has 106 valence electrons. The molecule has 1 atom stereocenters. The van der Waals surface area contributed by atoms with Gasteiger partial charge in [0.2, 0.25) is 0 Å².